The molecule has 4 heterocycles. The third-order valence-electron chi connectivity index (χ3n) is 6.32. The number of hydrogen-bond acceptors (Lipinski definition) is 6. The summed E-state index contributed by atoms with van der Waals surface area (Å²) in [4.78, 5) is 9.20. The summed E-state index contributed by atoms with van der Waals surface area (Å²) in [6.07, 6.45) is 7.85. The zero-order chi connectivity index (χ0) is 19.5. The minimum atomic E-state index is -0.136. The maximum atomic E-state index is 9.70. The van der Waals surface area contributed by atoms with Gasteiger partial charge in [-0.15, -0.1) is 10.2 Å². The molecule has 0 spiro atoms. The highest BCUT2D eigenvalue weighted by Gasteiger charge is 2.27. The second-order valence-corrected chi connectivity index (χ2v) is 8.29. The fraction of sp³-hybridized carbons (Fsp3) is 0.750. The highest BCUT2D eigenvalue weighted by atomic mass is 16.3. The first-order chi connectivity index (χ1) is 13.6. The summed E-state index contributed by atoms with van der Waals surface area (Å²) in [5, 5.41) is 18.8. The van der Waals surface area contributed by atoms with Crippen LogP contribution in [-0.4, -0.2) is 71.5 Å². The molecule has 2 aliphatic heterocycles. The molecule has 4 rings (SSSR count). The van der Waals surface area contributed by atoms with E-state index < -0.39 is 0 Å². The van der Waals surface area contributed by atoms with E-state index in [2.05, 4.69) is 48.1 Å². The van der Waals surface area contributed by atoms with Crippen LogP contribution in [0.4, 0.5) is 0 Å². The van der Waals surface area contributed by atoms with Gasteiger partial charge in [0.25, 0.3) is 0 Å². The summed E-state index contributed by atoms with van der Waals surface area (Å²) in [6.45, 7) is 8.93. The lowest BCUT2D eigenvalue weighted by Crippen LogP contribution is -2.36. The molecule has 154 valence electrons. The summed E-state index contributed by atoms with van der Waals surface area (Å²) >= 11 is 0. The molecule has 2 aliphatic rings. The molecule has 8 nitrogen and oxygen atoms in total. The van der Waals surface area contributed by atoms with Crippen molar-refractivity contribution in [2.24, 2.45) is 7.05 Å². The van der Waals surface area contributed by atoms with Gasteiger partial charge in [0, 0.05) is 51.9 Å². The summed E-state index contributed by atoms with van der Waals surface area (Å²) in [6, 6.07) is 0. The Balaban J connectivity index is 1.39. The van der Waals surface area contributed by atoms with Gasteiger partial charge in [-0.05, 0) is 39.2 Å². The highest BCUT2D eigenvalue weighted by molar-refractivity contribution is 5.05. The van der Waals surface area contributed by atoms with Crippen LogP contribution in [0.2, 0.25) is 0 Å². The van der Waals surface area contributed by atoms with Crippen LogP contribution in [0.3, 0.4) is 0 Å². The fourth-order valence-corrected chi connectivity index (χ4v) is 4.55. The number of piperidine rings is 2. The van der Waals surface area contributed by atoms with E-state index >= 15 is 0 Å². The topological polar surface area (TPSA) is 75.2 Å². The number of likely N-dealkylation sites (tertiary alicyclic amines) is 2. The van der Waals surface area contributed by atoms with Crippen LogP contribution < -0.4 is 0 Å². The first-order valence-electron chi connectivity index (χ1n) is 10.6. The summed E-state index contributed by atoms with van der Waals surface area (Å²) in [5.74, 6) is 2.58. The van der Waals surface area contributed by atoms with Crippen LogP contribution in [0.15, 0.2) is 12.5 Å². The number of aryl methyl sites for hydroxylation is 1. The van der Waals surface area contributed by atoms with E-state index in [-0.39, 0.29) is 6.10 Å². The van der Waals surface area contributed by atoms with E-state index in [4.69, 9.17) is 0 Å². The zero-order valence-electron chi connectivity index (χ0n) is 17.2. The predicted molar refractivity (Wildman–Crippen MR) is 107 cm³/mol. The molecular weight excluding hydrogens is 354 g/mol. The molecule has 0 amide bonds. The van der Waals surface area contributed by atoms with Gasteiger partial charge in [0.15, 0.2) is 0 Å². The van der Waals surface area contributed by atoms with Gasteiger partial charge in [0.05, 0.1) is 24.7 Å². The summed E-state index contributed by atoms with van der Waals surface area (Å²) < 4.78 is 4.43. The maximum Gasteiger partial charge on any atom is 0.146 e. The van der Waals surface area contributed by atoms with E-state index in [1.165, 1.54) is 18.5 Å². The van der Waals surface area contributed by atoms with Crippen LogP contribution in [0.5, 0.6) is 0 Å². The second-order valence-electron chi connectivity index (χ2n) is 8.29. The van der Waals surface area contributed by atoms with Crippen molar-refractivity contribution in [2.75, 3.05) is 26.2 Å². The van der Waals surface area contributed by atoms with Crippen molar-refractivity contribution in [1.29, 1.82) is 0 Å². The standard InChI is InChI=1S/C20H33N7O/c1-3-27-15-21-11-17(27)13-26-8-4-5-16(12-26)20-23-22-19(24(20)2)14-25-9-6-18(28)7-10-25/h11,15-16,18,28H,3-10,12-14H2,1-2H3. The number of rotatable bonds is 6. The smallest absolute Gasteiger partial charge is 0.146 e. The van der Waals surface area contributed by atoms with E-state index in [9.17, 15) is 5.11 Å². The van der Waals surface area contributed by atoms with Crippen molar-refractivity contribution in [3.05, 3.63) is 29.9 Å². The molecule has 0 aromatic carbocycles. The lowest BCUT2D eigenvalue weighted by molar-refractivity contribution is 0.0775. The minimum absolute atomic E-state index is 0.136. The molecular formula is C20H33N7O. The molecule has 0 radical (unpaired) electrons. The van der Waals surface area contributed by atoms with Crippen LogP contribution in [0.1, 0.15) is 55.9 Å². The van der Waals surface area contributed by atoms with Gasteiger partial charge in [-0.25, -0.2) is 4.98 Å². The average Bonchev–Trinajstić information content (AvgIpc) is 3.30. The van der Waals surface area contributed by atoms with E-state index in [1.807, 2.05) is 12.5 Å². The molecule has 1 unspecified atom stereocenters. The van der Waals surface area contributed by atoms with Gasteiger partial charge in [0.1, 0.15) is 11.6 Å². The molecule has 0 saturated carbocycles. The van der Waals surface area contributed by atoms with Gasteiger partial charge >= 0.3 is 0 Å². The third-order valence-corrected chi connectivity index (χ3v) is 6.32. The Morgan fingerprint density at radius 1 is 1.07 bits per heavy atom. The van der Waals surface area contributed by atoms with Gasteiger partial charge in [-0.2, -0.15) is 0 Å². The van der Waals surface area contributed by atoms with Crippen LogP contribution >= 0.6 is 0 Å². The summed E-state index contributed by atoms with van der Waals surface area (Å²) in [7, 11) is 2.11. The average molecular weight is 388 g/mol. The SMILES string of the molecule is CCn1cncc1CN1CCCC(c2nnc(CN3CCC(O)CC3)n2C)C1. The van der Waals surface area contributed by atoms with Crippen molar-refractivity contribution >= 4 is 0 Å². The highest BCUT2D eigenvalue weighted by Crippen LogP contribution is 2.27. The molecule has 1 atom stereocenters. The van der Waals surface area contributed by atoms with Crippen molar-refractivity contribution < 1.29 is 5.11 Å². The molecule has 2 aromatic heterocycles. The van der Waals surface area contributed by atoms with Crippen molar-refractivity contribution in [1.82, 2.24) is 34.1 Å². The molecule has 2 fully saturated rings. The second kappa shape index (κ2) is 8.71. The molecule has 0 bridgehead atoms. The number of imidazole rings is 1. The summed E-state index contributed by atoms with van der Waals surface area (Å²) in [5.41, 5.74) is 1.29. The molecule has 1 N–H and O–H groups in total. The molecule has 28 heavy (non-hydrogen) atoms. The van der Waals surface area contributed by atoms with Crippen molar-refractivity contribution in [3.8, 4) is 0 Å². The zero-order valence-corrected chi connectivity index (χ0v) is 17.2. The first kappa shape index (κ1) is 19.5. The predicted octanol–water partition coefficient (Wildman–Crippen LogP) is 1.37. The van der Waals surface area contributed by atoms with Gasteiger partial charge in [0.2, 0.25) is 0 Å². The number of aliphatic hydroxyl groups is 1. The molecule has 0 aliphatic carbocycles. The Morgan fingerprint density at radius 2 is 1.89 bits per heavy atom. The normalized spacial score (nSPS) is 22.8. The Labute approximate surface area is 167 Å². The Kier molecular flexibility index (Phi) is 6.08. The maximum absolute atomic E-state index is 9.70. The van der Waals surface area contributed by atoms with E-state index in [1.54, 1.807) is 0 Å². The van der Waals surface area contributed by atoms with Crippen LogP contribution in [0.25, 0.3) is 0 Å². The number of aliphatic hydroxyl groups excluding tert-OH is 1. The lowest BCUT2D eigenvalue weighted by Gasteiger charge is -2.32. The van der Waals surface area contributed by atoms with E-state index in [0.29, 0.717) is 5.92 Å². The number of nitrogens with zero attached hydrogens (tertiary/aromatic N) is 7. The first-order valence-corrected chi connectivity index (χ1v) is 10.6. The monoisotopic (exact) mass is 387 g/mol. The molecule has 2 saturated heterocycles. The minimum Gasteiger partial charge on any atom is -0.393 e. The fourth-order valence-electron chi connectivity index (χ4n) is 4.55. The Bertz CT molecular complexity index is 762. The molecule has 2 aromatic rings. The molecule has 8 heteroatoms. The lowest BCUT2D eigenvalue weighted by atomic mass is 9.97. The van der Waals surface area contributed by atoms with Crippen molar-refractivity contribution in [3.63, 3.8) is 0 Å². The van der Waals surface area contributed by atoms with Crippen molar-refractivity contribution in [2.45, 2.75) is 64.3 Å². The Hall–Kier alpha value is -1.77. The van der Waals surface area contributed by atoms with Gasteiger partial charge in [-0.1, -0.05) is 0 Å². The Morgan fingerprint density at radius 3 is 2.68 bits per heavy atom. The van der Waals surface area contributed by atoms with E-state index in [0.717, 1.165) is 70.3 Å². The van der Waals surface area contributed by atoms with Gasteiger partial charge < -0.3 is 14.2 Å². The largest absolute Gasteiger partial charge is 0.393 e. The number of hydrogen-bond donors (Lipinski definition) is 1. The van der Waals surface area contributed by atoms with Gasteiger partial charge in [-0.3, -0.25) is 9.80 Å². The quantitative estimate of drug-likeness (QED) is 0.807. The third kappa shape index (κ3) is 4.29. The van der Waals surface area contributed by atoms with Crippen LogP contribution in [0, 0.1) is 0 Å². The van der Waals surface area contributed by atoms with Crippen LogP contribution in [-0.2, 0) is 26.7 Å². The number of aromatic nitrogens is 5.